The van der Waals surface area contributed by atoms with Crippen molar-refractivity contribution in [2.24, 2.45) is 0 Å². The first-order valence-electron chi connectivity index (χ1n) is 9.22. The summed E-state index contributed by atoms with van der Waals surface area (Å²) in [7, 11) is -3.77. The molecule has 0 aliphatic heterocycles. The van der Waals surface area contributed by atoms with Crippen LogP contribution in [0, 0.1) is 19.7 Å². The monoisotopic (exact) mass is 433 g/mol. The minimum atomic E-state index is -3.77. The zero-order chi connectivity index (χ0) is 22.1. The fraction of sp³-hybridized carbons (Fsp3) is 0.238. The van der Waals surface area contributed by atoms with Crippen molar-refractivity contribution in [2.75, 3.05) is 19.6 Å². The van der Waals surface area contributed by atoms with E-state index in [0.717, 1.165) is 22.6 Å². The first-order chi connectivity index (χ1) is 14.2. The number of hydrogen-bond acceptors (Lipinski definition) is 4. The van der Waals surface area contributed by atoms with Gasteiger partial charge in [0.1, 0.15) is 5.82 Å². The summed E-state index contributed by atoms with van der Waals surface area (Å²) in [6, 6.07) is 11.4. The number of aryl methyl sites for hydroxylation is 2. The Morgan fingerprint density at radius 1 is 1.00 bits per heavy atom. The zero-order valence-electron chi connectivity index (χ0n) is 16.7. The van der Waals surface area contributed by atoms with Crippen LogP contribution < -0.4 is 15.4 Å². The maximum absolute atomic E-state index is 13.5. The summed E-state index contributed by atoms with van der Waals surface area (Å²) in [5, 5.41) is 6.02. The number of carbonyl (C=O) groups is 2. The topological polar surface area (TPSA) is 104 Å². The molecule has 0 saturated carbocycles. The molecular formula is C21H24FN3O4S. The van der Waals surface area contributed by atoms with Crippen molar-refractivity contribution < 1.29 is 22.4 Å². The van der Waals surface area contributed by atoms with E-state index in [1.807, 2.05) is 19.1 Å². The third-order valence-corrected chi connectivity index (χ3v) is 5.16. The summed E-state index contributed by atoms with van der Waals surface area (Å²) in [5.41, 5.74) is 2.40. The van der Waals surface area contributed by atoms with Crippen molar-refractivity contribution >= 4 is 27.9 Å². The zero-order valence-corrected chi connectivity index (χ0v) is 17.6. The number of amides is 2. The first kappa shape index (κ1) is 23.2. The second-order valence-electron chi connectivity index (χ2n) is 6.65. The van der Waals surface area contributed by atoms with Gasteiger partial charge in [-0.1, -0.05) is 35.9 Å². The third kappa shape index (κ3) is 7.76. The van der Waals surface area contributed by atoms with Crippen molar-refractivity contribution in [3.05, 3.63) is 75.9 Å². The van der Waals surface area contributed by atoms with Crippen molar-refractivity contribution in [3.63, 3.8) is 0 Å². The molecule has 0 fully saturated rings. The Labute approximate surface area is 175 Å². The molecule has 0 atom stereocenters. The van der Waals surface area contributed by atoms with Crippen molar-refractivity contribution in [3.8, 4) is 0 Å². The standard InChI is InChI=1S/C21H24FN3O4S/c1-15-3-6-17(7-4-15)9-12-30(28,29)25-14-20(26)23-10-11-24-21(27)18-8-5-16(2)19(22)13-18/h3-9,12-13,25H,10-11,14H2,1-2H3,(H,23,26)(H,24,27)/b12-9+. The average Bonchev–Trinajstić information content (AvgIpc) is 2.71. The fourth-order valence-corrected chi connectivity index (χ4v) is 3.10. The Bertz CT molecular complexity index is 1030. The van der Waals surface area contributed by atoms with E-state index in [1.54, 1.807) is 19.1 Å². The van der Waals surface area contributed by atoms with E-state index in [0.29, 0.717) is 5.56 Å². The normalized spacial score (nSPS) is 11.4. The van der Waals surface area contributed by atoms with Gasteiger partial charge in [-0.25, -0.2) is 17.5 Å². The van der Waals surface area contributed by atoms with E-state index in [-0.39, 0.29) is 18.7 Å². The first-order valence-corrected chi connectivity index (χ1v) is 10.8. The SMILES string of the molecule is Cc1ccc(/C=C/S(=O)(=O)NCC(=O)NCCNC(=O)c2ccc(C)c(F)c2)cc1. The molecule has 2 aromatic rings. The number of rotatable bonds is 9. The molecular weight excluding hydrogens is 409 g/mol. The summed E-state index contributed by atoms with van der Waals surface area (Å²) in [6.07, 6.45) is 1.43. The highest BCUT2D eigenvalue weighted by atomic mass is 32.2. The van der Waals surface area contributed by atoms with Crippen molar-refractivity contribution in [1.29, 1.82) is 0 Å². The number of benzene rings is 2. The lowest BCUT2D eigenvalue weighted by atomic mass is 10.1. The summed E-state index contributed by atoms with van der Waals surface area (Å²) in [4.78, 5) is 23.7. The van der Waals surface area contributed by atoms with Crippen LogP contribution in [-0.2, 0) is 14.8 Å². The van der Waals surface area contributed by atoms with E-state index >= 15 is 0 Å². The van der Waals surface area contributed by atoms with Crippen molar-refractivity contribution in [2.45, 2.75) is 13.8 Å². The summed E-state index contributed by atoms with van der Waals surface area (Å²) >= 11 is 0. The van der Waals surface area contributed by atoms with Gasteiger partial charge in [0, 0.05) is 24.1 Å². The summed E-state index contributed by atoms with van der Waals surface area (Å²) in [5.74, 6) is -1.48. The van der Waals surface area contributed by atoms with Crippen molar-refractivity contribution in [1.82, 2.24) is 15.4 Å². The van der Waals surface area contributed by atoms with Gasteiger partial charge < -0.3 is 10.6 Å². The largest absolute Gasteiger partial charge is 0.353 e. The quantitative estimate of drug-likeness (QED) is 0.525. The Morgan fingerprint density at radius 2 is 1.67 bits per heavy atom. The molecule has 0 bridgehead atoms. The summed E-state index contributed by atoms with van der Waals surface area (Å²) in [6.45, 7) is 3.30. The molecule has 2 amide bonds. The Balaban J connectivity index is 1.70. The molecule has 3 N–H and O–H groups in total. The number of carbonyl (C=O) groups excluding carboxylic acids is 2. The van der Waals surface area contributed by atoms with Crippen LogP contribution in [0.3, 0.4) is 0 Å². The van der Waals surface area contributed by atoms with Crippen LogP contribution in [0.1, 0.15) is 27.0 Å². The molecule has 0 saturated heterocycles. The molecule has 7 nitrogen and oxygen atoms in total. The predicted octanol–water partition coefficient (Wildman–Crippen LogP) is 1.88. The summed E-state index contributed by atoms with van der Waals surface area (Å²) < 4.78 is 39.5. The Kier molecular flexibility index (Phi) is 8.25. The number of sulfonamides is 1. The van der Waals surface area contributed by atoms with E-state index in [9.17, 15) is 22.4 Å². The molecule has 0 spiro atoms. The predicted molar refractivity (Wildman–Crippen MR) is 114 cm³/mol. The highest BCUT2D eigenvalue weighted by Crippen LogP contribution is 2.09. The molecule has 0 aliphatic carbocycles. The molecule has 9 heteroatoms. The Morgan fingerprint density at radius 3 is 2.33 bits per heavy atom. The van der Waals surface area contributed by atoms with Gasteiger partial charge in [-0.2, -0.15) is 0 Å². The molecule has 0 aromatic heterocycles. The molecule has 30 heavy (non-hydrogen) atoms. The average molecular weight is 434 g/mol. The minimum absolute atomic E-state index is 0.0971. The smallest absolute Gasteiger partial charge is 0.251 e. The minimum Gasteiger partial charge on any atom is -0.353 e. The lowest BCUT2D eigenvalue weighted by Gasteiger charge is -2.08. The number of nitrogens with one attached hydrogen (secondary N) is 3. The lowest BCUT2D eigenvalue weighted by molar-refractivity contribution is -0.119. The molecule has 0 heterocycles. The maximum atomic E-state index is 13.5. The van der Waals surface area contributed by atoms with E-state index in [2.05, 4.69) is 15.4 Å². The van der Waals surface area contributed by atoms with E-state index in [4.69, 9.17) is 0 Å². The van der Waals surface area contributed by atoms with Crippen LogP contribution in [0.25, 0.3) is 6.08 Å². The van der Waals surface area contributed by atoms with Gasteiger partial charge >= 0.3 is 0 Å². The van der Waals surface area contributed by atoms with Crippen LogP contribution in [0.2, 0.25) is 0 Å². The van der Waals surface area contributed by atoms with Crippen LogP contribution in [0.4, 0.5) is 4.39 Å². The third-order valence-electron chi connectivity index (χ3n) is 4.12. The highest BCUT2D eigenvalue weighted by Gasteiger charge is 2.10. The number of hydrogen-bond donors (Lipinski definition) is 3. The maximum Gasteiger partial charge on any atom is 0.251 e. The van der Waals surface area contributed by atoms with Crippen LogP contribution in [0.15, 0.2) is 47.9 Å². The fourth-order valence-electron chi connectivity index (χ4n) is 2.34. The van der Waals surface area contributed by atoms with Gasteiger partial charge in [0.15, 0.2) is 0 Å². The van der Waals surface area contributed by atoms with Gasteiger partial charge in [0.25, 0.3) is 5.91 Å². The second kappa shape index (κ2) is 10.7. The van der Waals surface area contributed by atoms with Gasteiger partial charge in [-0.05, 0) is 43.2 Å². The molecule has 2 aromatic carbocycles. The molecule has 0 aliphatic rings. The molecule has 0 radical (unpaired) electrons. The lowest BCUT2D eigenvalue weighted by Crippen LogP contribution is -2.40. The second-order valence-corrected chi connectivity index (χ2v) is 8.30. The van der Waals surface area contributed by atoms with Gasteiger partial charge in [-0.3, -0.25) is 9.59 Å². The van der Waals surface area contributed by atoms with Crippen LogP contribution in [0.5, 0.6) is 0 Å². The molecule has 0 unspecified atom stereocenters. The van der Waals surface area contributed by atoms with E-state index in [1.165, 1.54) is 18.2 Å². The highest BCUT2D eigenvalue weighted by molar-refractivity contribution is 7.92. The molecule has 160 valence electrons. The van der Waals surface area contributed by atoms with E-state index < -0.39 is 34.2 Å². The van der Waals surface area contributed by atoms with Crippen LogP contribution in [-0.4, -0.2) is 39.9 Å². The van der Waals surface area contributed by atoms with Gasteiger partial charge in [0.05, 0.1) is 6.54 Å². The van der Waals surface area contributed by atoms with Crippen LogP contribution >= 0.6 is 0 Å². The number of halogens is 1. The molecule has 2 rings (SSSR count). The Hall–Kier alpha value is -3.04. The van der Waals surface area contributed by atoms with Gasteiger partial charge in [0.2, 0.25) is 15.9 Å². The van der Waals surface area contributed by atoms with Gasteiger partial charge in [-0.15, -0.1) is 0 Å².